The second-order valence-corrected chi connectivity index (χ2v) is 6.17. The molecule has 0 aliphatic rings. The van der Waals surface area contributed by atoms with E-state index in [4.69, 9.17) is 0 Å². The Balaban J connectivity index is 1.59. The van der Waals surface area contributed by atoms with E-state index in [1.54, 1.807) is 29.9 Å². The maximum Gasteiger partial charge on any atom is 0.257 e. The first kappa shape index (κ1) is 14.5. The number of aromatic nitrogens is 2. The van der Waals surface area contributed by atoms with Crippen LogP contribution in [0.1, 0.15) is 10.4 Å². The molecule has 0 unspecified atom stereocenters. The van der Waals surface area contributed by atoms with Crippen LogP contribution in [0.4, 0.5) is 5.69 Å². The average molecular weight is 331 g/mol. The van der Waals surface area contributed by atoms with Crippen LogP contribution in [-0.2, 0) is 0 Å². The number of nitrogens with one attached hydrogen (secondary N) is 1. The lowest BCUT2D eigenvalue weighted by Crippen LogP contribution is -2.12. The Morgan fingerprint density at radius 3 is 2.62 bits per heavy atom. The van der Waals surface area contributed by atoms with Crippen LogP contribution in [0.25, 0.3) is 21.3 Å². The molecule has 1 amide bonds. The van der Waals surface area contributed by atoms with E-state index in [1.807, 2.05) is 53.9 Å². The predicted octanol–water partition coefficient (Wildman–Crippen LogP) is 4.61. The van der Waals surface area contributed by atoms with Crippen LogP contribution in [0.2, 0.25) is 0 Å². The van der Waals surface area contributed by atoms with E-state index >= 15 is 0 Å². The fourth-order valence-corrected chi connectivity index (χ4v) is 3.20. The van der Waals surface area contributed by atoms with Crippen molar-refractivity contribution in [2.45, 2.75) is 0 Å². The summed E-state index contributed by atoms with van der Waals surface area (Å²) in [6.45, 7) is 0. The van der Waals surface area contributed by atoms with Crippen LogP contribution in [0.15, 0.2) is 72.5 Å². The molecule has 0 fully saturated rings. The molecule has 4 rings (SSSR count). The Morgan fingerprint density at radius 1 is 1.00 bits per heavy atom. The van der Waals surface area contributed by atoms with E-state index in [0.29, 0.717) is 5.56 Å². The maximum absolute atomic E-state index is 12.6. The largest absolute Gasteiger partial charge is 0.322 e. The Kier molecular flexibility index (Phi) is 3.76. The number of pyridine rings is 1. The topological polar surface area (TPSA) is 54.9 Å². The van der Waals surface area contributed by atoms with Gasteiger partial charge in [-0.25, -0.2) is 4.98 Å². The Hall–Kier alpha value is -3.05. The molecular formula is C19H13N3OS. The zero-order valence-corrected chi connectivity index (χ0v) is 13.5. The van der Waals surface area contributed by atoms with E-state index in [0.717, 1.165) is 27.0 Å². The molecule has 116 valence electrons. The van der Waals surface area contributed by atoms with Gasteiger partial charge in [-0.3, -0.25) is 9.78 Å². The van der Waals surface area contributed by atoms with Crippen molar-refractivity contribution < 1.29 is 4.79 Å². The third-order valence-electron chi connectivity index (χ3n) is 3.73. The summed E-state index contributed by atoms with van der Waals surface area (Å²) in [5.74, 6) is -0.165. The number of nitrogens with zero attached hydrogens (tertiary/aromatic N) is 2. The van der Waals surface area contributed by atoms with E-state index in [2.05, 4.69) is 15.3 Å². The molecule has 0 radical (unpaired) electrons. The van der Waals surface area contributed by atoms with Gasteiger partial charge in [0.2, 0.25) is 0 Å². The van der Waals surface area contributed by atoms with Crippen molar-refractivity contribution in [1.82, 2.24) is 9.97 Å². The summed E-state index contributed by atoms with van der Waals surface area (Å²) >= 11 is 1.59. The van der Waals surface area contributed by atoms with Gasteiger partial charge in [-0.15, -0.1) is 11.3 Å². The van der Waals surface area contributed by atoms with Gasteiger partial charge in [-0.05, 0) is 29.7 Å². The number of hydrogen-bond donors (Lipinski definition) is 1. The number of rotatable bonds is 3. The van der Waals surface area contributed by atoms with Crippen molar-refractivity contribution in [3.63, 3.8) is 0 Å². The molecule has 0 saturated heterocycles. The minimum absolute atomic E-state index is 0.165. The zero-order chi connectivity index (χ0) is 16.4. The minimum Gasteiger partial charge on any atom is -0.322 e. The number of carbonyl (C=O) groups is 1. The first-order valence-corrected chi connectivity index (χ1v) is 8.33. The van der Waals surface area contributed by atoms with Crippen molar-refractivity contribution in [2.75, 3.05) is 5.32 Å². The Bertz CT molecular complexity index is 989. The fourth-order valence-electron chi connectivity index (χ4n) is 2.56. The van der Waals surface area contributed by atoms with E-state index in [9.17, 15) is 4.79 Å². The van der Waals surface area contributed by atoms with E-state index in [1.165, 1.54) is 0 Å². The number of fused-ring (bicyclic) bond motifs is 1. The standard InChI is InChI=1S/C19H13N3OS/c23-18(17-12-20-11-14-3-1-2-4-16(14)17)22-15-7-5-13(6-8-15)19-21-9-10-24-19/h1-12H,(H,22,23). The third kappa shape index (κ3) is 2.77. The van der Waals surface area contributed by atoms with Crippen LogP contribution >= 0.6 is 11.3 Å². The Labute approximate surface area is 142 Å². The predicted molar refractivity (Wildman–Crippen MR) is 97.2 cm³/mol. The molecule has 5 heteroatoms. The number of hydrogen-bond acceptors (Lipinski definition) is 4. The van der Waals surface area contributed by atoms with Gasteiger partial charge in [-0.1, -0.05) is 24.3 Å². The average Bonchev–Trinajstić information content (AvgIpc) is 3.16. The molecule has 0 spiro atoms. The van der Waals surface area contributed by atoms with E-state index < -0.39 is 0 Å². The monoisotopic (exact) mass is 331 g/mol. The summed E-state index contributed by atoms with van der Waals surface area (Å²) in [6.07, 6.45) is 5.14. The summed E-state index contributed by atoms with van der Waals surface area (Å²) in [7, 11) is 0. The summed E-state index contributed by atoms with van der Waals surface area (Å²) in [6, 6.07) is 15.4. The highest BCUT2D eigenvalue weighted by Crippen LogP contribution is 2.24. The fraction of sp³-hybridized carbons (Fsp3) is 0. The van der Waals surface area contributed by atoms with Gasteiger partial charge < -0.3 is 5.32 Å². The lowest BCUT2D eigenvalue weighted by molar-refractivity contribution is 0.102. The normalized spacial score (nSPS) is 10.7. The first-order valence-electron chi connectivity index (χ1n) is 7.45. The number of benzene rings is 2. The van der Waals surface area contributed by atoms with Crippen molar-refractivity contribution >= 4 is 33.7 Å². The van der Waals surface area contributed by atoms with Crippen molar-refractivity contribution in [1.29, 1.82) is 0 Å². The number of amides is 1. The molecule has 1 N–H and O–H groups in total. The molecule has 2 aromatic heterocycles. The molecule has 4 nitrogen and oxygen atoms in total. The second kappa shape index (κ2) is 6.22. The lowest BCUT2D eigenvalue weighted by atomic mass is 10.1. The van der Waals surface area contributed by atoms with Gasteiger partial charge >= 0.3 is 0 Å². The van der Waals surface area contributed by atoms with Gasteiger partial charge in [0.1, 0.15) is 5.01 Å². The summed E-state index contributed by atoms with van der Waals surface area (Å²) in [4.78, 5) is 21.0. The molecule has 0 saturated carbocycles. The van der Waals surface area contributed by atoms with Gasteiger partial charge in [-0.2, -0.15) is 0 Å². The molecule has 0 aliphatic heterocycles. The van der Waals surface area contributed by atoms with Crippen LogP contribution in [0, 0.1) is 0 Å². The lowest BCUT2D eigenvalue weighted by Gasteiger charge is -2.08. The third-order valence-corrected chi connectivity index (χ3v) is 4.56. The molecule has 4 aromatic rings. The molecule has 24 heavy (non-hydrogen) atoms. The summed E-state index contributed by atoms with van der Waals surface area (Å²) < 4.78 is 0. The number of carbonyl (C=O) groups excluding carboxylic acids is 1. The summed E-state index contributed by atoms with van der Waals surface area (Å²) in [5.41, 5.74) is 2.35. The molecule has 0 atom stereocenters. The highest BCUT2D eigenvalue weighted by molar-refractivity contribution is 7.13. The van der Waals surface area contributed by atoms with Crippen LogP contribution < -0.4 is 5.32 Å². The van der Waals surface area contributed by atoms with Gasteiger partial charge in [0.15, 0.2) is 0 Å². The molecular weight excluding hydrogens is 318 g/mol. The van der Waals surface area contributed by atoms with Crippen molar-refractivity contribution in [2.24, 2.45) is 0 Å². The molecule has 2 aromatic carbocycles. The zero-order valence-electron chi connectivity index (χ0n) is 12.6. The molecule has 0 aliphatic carbocycles. The SMILES string of the molecule is O=C(Nc1ccc(-c2nccs2)cc1)c1cncc2ccccc12. The van der Waals surface area contributed by atoms with Crippen molar-refractivity contribution in [3.05, 3.63) is 78.1 Å². The maximum atomic E-state index is 12.6. The second-order valence-electron chi connectivity index (χ2n) is 5.28. The summed E-state index contributed by atoms with van der Waals surface area (Å²) in [5, 5.41) is 7.68. The quantitative estimate of drug-likeness (QED) is 0.596. The van der Waals surface area contributed by atoms with Crippen LogP contribution in [0.5, 0.6) is 0 Å². The van der Waals surface area contributed by atoms with Crippen LogP contribution in [-0.4, -0.2) is 15.9 Å². The Morgan fingerprint density at radius 2 is 1.83 bits per heavy atom. The minimum atomic E-state index is -0.165. The molecule has 0 bridgehead atoms. The van der Waals surface area contributed by atoms with E-state index in [-0.39, 0.29) is 5.91 Å². The highest BCUT2D eigenvalue weighted by Gasteiger charge is 2.11. The molecule has 2 heterocycles. The number of anilines is 1. The van der Waals surface area contributed by atoms with Crippen molar-refractivity contribution in [3.8, 4) is 10.6 Å². The van der Waals surface area contributed by atoms with Gasteiger partial charge in [0, 0.05) is 40.6 Å². The highest BCUT2D eigenvalue weighted by atomic mass is 32.1. The van der Waals surface area contributed by atoms with Gasteiger partial charge in [0.25, 0.3) is 5.91 Å². The smallest absolute Gasteiger partial charge is 0.257 e. The number of thiazole rings is 1. The van der Waals surface area contributed by atoms with Crippen LogP contribution in [0.3, 0.4) is 0 Å². The van der Waals surface area contributed by atoms with Gasteiger partial charge in [0.05, 0.1) is 5.56 Å². The first-order chi connectivity index (χ1) is 11.8.